The van der Waals surface area contributed by atoms with Crippen molar-refractivity contribution < 1.29 is 35.8 Å². The fraction of sp³-hybridized carbons (Fsp3) is 0.200. The lowest BCUT2D eigenvalue weighted by Crippen LogP contribution is -2.25. The van der Waals surface area contributed by atoms with E-state index in [0.29, 0.717) is 22.8 Å². The van der Waals surface area contributed by atoms with E-state index >= 15 is 0 Å². The van der Waals surface area contributed by atoms with Crippen molar-refractivity contribution in [1.82, 2.24) is 0 Å². The molecular formula is C30H14F6N4O2. The molecular weight excluding hydrogens is 562 g/mol. The van der Waals surface area contributed by atoms with Crippen LogP contribution in [0.15, 0.2) is 24.3 Å². The predicted molar refractivity (Wildman–Crippen MR) is 136 cm³/mol. The van der Waals surface area contributed by atoms with Crippen LogP contribution in [0.25, 0.3) is 43.3 Å². The molecule has 0 amide bonds. The number of nitriles is 2. The molecule has 12 heteroatoms. The van der Waals surface area contributed by atoms with Gasteiger partial charge >= 0.3 is 12.7 Å². The second-order valence-electron chi connectivity index (χ2n) is 9.60. The van der Waals surface area contributed by atoms with Crippen LogP contribution in [0.5, 0.6) is 11.5 Å². The van der Waals surface area contributed by atoms with E-state index in [1.165, 1.54) is 0 Å². The third-order valence-electron chi connectivity index (χ3n) is 7.23. The summed E-state index contributed by atoms with van der Waals surface area (Å²) >= 11 is 0. The molecule has 0 spiro atoms. The summed E-state index contributed by atoms with van der Waals surface area (Å²) in [6.07, 6.45) is -10.8. The van der Waals surface area contributed by atoms with Crippen LogP contribution in [0, 0.1) is 49.7 Å². The highest BCUT2D eigenvalue weighted by atomic mass is 19.4. The molecule has 0 atom stereocenters. The van der Waals surface area contributed by atoms with Crippen molar-refractivity contribution in [2.24, 2.45) is 0 Å². The SMILES string of the molecule is [C-]#[N+]/C(C#N)=c1/c2c(/c(=C(\C#N)[N+]#[C-])c3c1-c1cc(C)c(C)cc1C3)-c1cc(OC(F)(F)F)c(OC(F)(F)F)cc1C2. The van der Waals surface area contributed by atoms with Crippen LogP contribution in [0.4, 0.5) is 26.3 Å². The molecule has 3 aromatic rings. The number of hydrogen-bond donors (Lipinski definition) is 0. The lowest BCUT2D eigenvalue weighted by molar-refractivity contribution is -0.287. The summed E-state index contributed by atoms with van der Waals surface area (Å²) in [6, 6.07) is 8.90. The van der Waals surface area contributed by atoms with Gasteiger partial charge in [-0.25, -0.2) is 20.2 Å². The summed E-state index contributed by atoms with van der Waals surface area (Å²) in [5.41, 5.74) is 3.68. The molecule has 0 aliphatic heterocycles. The Morgan fingerprint density at radius 1 is 0.714 bits per heavy atom. The Hall–Kier alpha value is -5.46. The Kier molecular flexibility index (Phi) is 6.40. The number of benzene rings is 3. The van der Waals surface area contributed by atoms with Crippen molar-refractivity contribution in [2.75, 3.05) is 0 Å². The van der Waals surface area contributed by atoms with E-state index in [2.05, 4.69) is 19.2 Å². The van der Waals surface area contributed by atoms with Crippen molar-refractivity contribution in [1.29, 1.82) is 10.5 Å². The first-order valence-electron chi connectivity index (χ1n) is 12.0. The number of rotatable bonds is 2. The highest BCUT2D eigenvalue weighted by Gasteiger charge is 2.39. The Labute approximate surface area is 234 Å². The van der Waals surface area contributed by atoms with Gasteiger partial charge in [0.25, 0.3) is 11.4 Å². The minimum Gasteiger partial charge on any atom is -0.402 e. The minimum absolute atomic E-state index is 0.0418. The molecule has 0 saturated heterocycles. The van der Waals surface area contributed by atoms with E-state index < -0.39 is 29.9 Å². The highest BCUT2D eigenvalue weighted by Crippen LogP contribution is 2.46. The largest absolute Gasteiger partial charge is 0.573 e. The summed E-state index contributed by atoms with van der Waals surface area (Å²) in [6.45, 7) is 19.1. The van der Waals surface area contributed by atoms with Crippen LogP contribution >= 0.6 is 0 Å². The topological polar surface area (TPSA) is 74.8 Å². The second kappa shape index (κ2) is 9.58. The molecule has 0 bridgehead atoms. The van der Waals surface area contributed by atoms with Crippen LogP contribution in [-0.4, -0.2) is 12.7 Å². The van der Waals surface area contributed by atoms with Crippen molar-refractivity contribution in [3.05, 3.63) is 90.9 Å². The van der Waals surface area contributed by atoms with Gasteiger partial charge in [0.15, 0.2) is 11.5 Å². The summed E-state index contributed by atoms with van der Waals surface area (Å²) in [5, 5.41) is 20.1. The quantitative estimate of drug-likeness (QED) is 0.182. The summed E-state index contributed by atoms with van der Waals surface area (Å²) < 4.78 is 87.0. The van der Waals surface area contributed by atoms with Crippen LogP contribution < -0.4 is 19.9 Å². The number of aryl methyl sites for hydroxylation is 2. The molecule has 0 heterocycles. The minimum atomic E-state index is -5.38. The number of ether oxygens (including phenoxy) is 2. The maximum absolute atomic E-state index is 13.3. The van der Waals surface area contributed by atoms with Crippen molar-refractivity contribution in [3.63, 3.8) is 0 Å². The fourth-order valence-corrected chi connectivity index (χ4v) is 5.62. The van der Waals surface area contributed by atoms with E-state index in [9.17, 15) is 36.9 Å². The third-order valence-corrected chi connectivity index (χ3v) is 7.23. The molecule has 0 unspecified atom stereocenters. The van der Waals surface area contributed by atoms with Crippen LogP contribution in [0.2, 0.25) is 0 Å². The molecule has 208 valence electrons. The van der Waals surface area contributed by atoms with Gasteiger partial charge in [0.1, 0.15) is 0 Å². The average Bonchev–Trinajstić information content (AvgIpc) is 3.42. The van der Waals surface area contributed by atoms with Gasteiger partial charge in [0.05, 0.1) is 25.3 Å². The third kappa shape index (κ3) is 4.54. The van der Waals surface area contributed by atoms with Gasteiger partial charge in [-0.05, 0) is 94.5 Å². The summed E-state index contributed by atoms with van der Waals surface area (Å²) in [5.74, 6) is -2.53. The van der Waals surface area contributed by atoms with Crippen molar-refractivity contribution in [3.8, 4) is 45.9 Å². The number of nitrogens with zero attached hydrogens (tertiary/aromatic N) is 4. The molecule has 2 aliphatic rings. The molecule has 0 aromatic heterocycles. The lowest BCUT2D eigenvalue weighted by atomic mass is 9.90. The van der Waals surface area contributed by atoms with Gasteiger partial charge in [-0.3, -0.25) is 0 Å². The Bertz CT molecular complexity index is 2000. The standard InChI is InChI=1S/C30H14F6N4O2/c1-13-5-15-7-19-25(17(15)6-14(13)2)27(21(11-37)39-3)20-8-16-9-23(41-29(31,32)33)24(42-30(34,35)36)10-18(16)26(20)28(19)22(12-38)40-4/h5-6,9-10H,7-8H2,1-2H3/b27-21-,28-22+. The zero-order valence-electron chi connectivity index (χ0n) is 21.6. The average molecular weight is 576 g/mol. The Morgan fingerprint density at radius 3 is 1.55 bits per heavy atom. The van der Waals surface area contributed by atoms with E-state index in [1.807, 2.05) is 38.1 Å². The smallest absolute Gasteiger partial charge is 0.402 e. The molecule has 0 radical (unpaired) electrons. The molecule has 3 aromatic carbocycles. The summed E-state index contributed by atoms with van der Waals surface area (Å²) in [7, 11) is 0. The van der Waals surface area contributed by atoms with Gasteiger partial charge < -0.3 is 9.47 Å². The van der Waals surface area contributed by atoms with Gasteiger partial charge in [-0.15, -0.1) is 26.3 Å². The summed E-state index contributed by atoms with van der Waals surface area (Å²) in [4.78, 5) is 6.73. The number of hydrogen-bond acceptors (Lipinski definition) is 4. The number of alkyl halides is 6. The normalized spacial score (nSPS) is 14.2. The van der Waals surface area contributed by atoms with Gasteiger partial charge in [0, 0.05) is 10.4 Å². The predicted octanol–water partition coefficient (Wildman–Crippen LogP) is 6.35. The first kappa shape index (κ1) is 28.1. The van der Waals surface area contributed by atoms with Crippen molar-refractivity contribution >= 4 is 11.4 Å². The highest BCUT2D eigenvalue weighted by molar-refractivity contribution is 5.93. The number of halogens is 6. The van der Waals surface area contributed by atoms with Crippen LogP contribution in [0.3, 0.4) is 0 Å². The van der Waals surface area contributed by atoms with Gasteiger partial charge in [-0.2, -0.15) is 0 Å². The molecule has 0 saturated carbocycles. The Balaban J connectivity index is 2.00. The maximum Gasteiger partial charge on any atom is 0.573 e. The van der Waals surface area contributed by atoms with Crippen LogP contribution in [-0.2, 0) is 12.8 Å². The molecule has 5 rings (SSSR count). The Morgan fingerprint density at radius 2 is 1.12 bits per heavy atom. The van der Waals surface area contributed by atoms with E-state index in [-0.39, 0.29) is 51.2 Å². The lowest BCUT2D eigenvalue weighted by Gasteiger charge is -2.17. The molecule has 42 heavy (non-hydrogen) atoms. The fourth-order valence-electron chi connectivity index (χ4n) is 5.62. The maximum atomic E-state index is 13.3. The van der Waals surface area contributed by atoms with E-state index in [1.54, 1.807) is 0 Å². The zero-order chi connectivity index (χ0) is 30.7. The molecule has 6 nitrogen and oxygen atoms in total. The van der Waals surface area contributed by atoms with Gasteiger partial charge in [0.2, 0.25) is 0 Å². The zero-order valence-corrected chi connectivity index (χ0v) is 21.6. The molecule has 0 fully saturated rings. The second-order valence-corrected chi connectivity index (χ2v) is 9.60. The van der Waals surface area contributed by atoms with Gasteiger partial charge in [-0.1, -0.05) is 12.1 Å². The van der Waals surface area contributed by atoms with Crippen molar-refractivity contribution in [2.45, 2.75) is 39.4 Å². The first-order chi connectivity index (χ1) is 19.7. The van der Waals surface area contributed by atoms with Crippen LogP contribution in [0.1, 0.15) is 33.4 Å². The molecule has 0 N–H and O–H groups in total. The van der Waals surface area contributed by atoms with E-state index in [4.69, 9.17) is 13.1 Å². The van der Waals surface area contributed by atoms with E-state index in [0.717, 1.165) is 22.8 Å². The first-order valence-corrected chi connectivity index (χ1v) is 12.0. The molecule has 2 aliphatic carbocycles. The number of fused-ring (bicyclic) bond motifs is 6. The monoisotopic (exact) mass is 576 g/mol.